The number of aliphatic hydroxyl groups is 1. The van der Waals surface area contributed by atoms with Crippen LogP contribution in [-0.2, 0) is 4.79 Å². The number of hydrogen-bond donors (Lipinski definition) is 2. The molecular formula is C18H24F6O3. The summed E-state index contributed by atoms with van der Waals surface area (Å²) in [6.07, 6.45) is -10.6. The lowest BCUT2D eigenvalue weighted by Crippen LogP contribution is -2.69. The lowest BCUT2D eigenvalue weighted by atomic mass is 9.43. The summed E-state index contributed by atoms with van der Waals surface area (Å²) in [5.41, 5.74) is -4.63. The maximum absolute atomic E-state index is 13.3. The van der Waals surface area contributed by atoms with E-state index in [0.29, 0.717) is 0 Å². The van der Waals surface area contributed by atoms with Crippen molar-refractivity contribution in [1.82, 2.24) is 0 Å². The van der Waals surface area contributed by atoms with Gasteiger partial charge in [0.1, 0.15) is 0 Å². The van der Waals surface area contributed by atoms with E-state index < -0.39 is 53.5 Å². The highest BCUT2D eigenvalue weighted by Gasteiger charge is 2.77. The van der Waals surface area contributed by atoms with Crippen LogP contribution in [0.25, 0.3) is 0 Å². The van der Waals surface area contributed by atoms with Gasteiger partial charge in [0.15, 0.2) is 0 Å². The van der Waals surface area contributed by atoms with Gasteiger partial charge in [-0.1, -0.05) is 26.8 Å². The molecule has 0 saturated heterocycles. The van der Waals surface area contributed by atoms with Crippen LogP contribution in [0.2, 0.25) is 0 Å². The number of halogens is 6. The average molecular weight is 402 g/mol. The first kappa shape index (κ1) is 22.0. The minimum atomic E-state index is -5.83. The highest BCUT2D eigenvalue weighted by molar-refractivity contribution is 5.87. The highest BCUT2D eigenvalue weighted by Crippen LogP contribution is 2.65. The molecule has 2 saturated carbocycles. The van der Waals surface area contributed by atoms with Crippen LogP contribution in [0, 0.1) is 41.4 Å². The second kappa shape index (κ2) is 6.67. The van der Waals surface area contributed by atoms with Gasteiger partial charge in [-0.3, -0.25) is 0 Å². The van der Waals surface area contributed by atoms with Crippen LogP contribution in [-0.4, -0.2) is 34.1 Å². The first-order valence-corrected chi connectivity index (χ1v) is 8.86. The summed E-state index contributed by atoms with van der Waals surface area (Å²) >= 11 is 0. The Labute approximate surface area is 153 Å². The van der Waals surface area contributed by atoms with Crippen LogP contribution >= 0.6 is 0 Å². The molecule has 2 aliphatic rings. The predicted octanol–water partition coefficient (Wildman–Crippen LogP) is 4.66. The van der Waals surface area contributed by atoms with E-state index in [4.69, 9.17) is 0 Å². The molecule has 0 amide bonds. The van der Waals surface area contributed by atoms with Crippen LogP contribution in [0.5, 0.6) is 0 Å². The molecule has 5 atom stereocenters. The molecule has 0 aromatic rings. The smallest absolute Gasteiger partial charge is 0.426 e. The fourth-order valence-corrected chi connectivity index (χ4v) is 5.61. The van der Waals surface area contributed by atoms with Gasteiger partial charge in [-0.05, 0) is 48.9 Å². The fraction of sp³-hybridized carbons (Fsp3) is 0.833. The molecule has 9 heteroatoms. The molecule has 0 spiro atoms. The first-order chi connectivity index (χ1) is 12.1. The van der Waals surface area contributed by atoms with Crippen molar-refractivity contribution in [3.05, 3.63) is 11.6 Å². The van der Waals surface area contributed by atoms with E-state index in [0.717, 1.165) is 0 Å². The van der Waals surface area contributed by atoms with E-state index in [1.165, 1.54) is 13.0 Å². The Morgan fingerprint density at radius 3 is 1.70 bits per heavy atom. The summed E-state index contributed by atoms with van der Waals surface area (Å²) in [6.45, 7) is 6.43. The zero-order valence-electron chi connectivity index (χ0n) is 15.4. The lowest BCUT2D eigenvalue weighted by Gasteiger charge is -2.62. The van der Waals surface area contributed by atoms with E-state index in [-0.39, 0.29) is 23.8 Å². The molecule has 5 unspecified atom stereocenters. The molecule has 0 aliphatic heterocycles. The molecule has 0 bridgehead atoms. The van der Waals surface area contributed by atoms with Gasteiger partial charge in [0, 0.05) is 11.5 Å². The standard InChI is InChI=1S/C18H24F6O3/c1-5-10(15(25)26)13-8(3)14(9(13)4)12-7(2)6-11(12)16(27,17(19,20)21)18(22,23)24/h5,7-9,11-14,27H,6H2,1-4H3,(H,25,26)/b10-5+. The molecule has 0 aromatic carbocycles. The average Bonchev–Trinajstić information content (AvgIpc) is 2.51. The van der Waals surface area contributed by atoms with Crippen molar-refractivity contribution in [2.45, 2.75) is 52.1 Å². The van der Waals surface area contributed by atoms with Gasteiger partial charge in [-0.25, -0.2) is 4.79 Å². The molecule has 156 valence electrons. The maximum atomic E-state index is 13.3. The number of allylic oxidation sites excluding steroid dienone is 1. The topological polar surface area (TPSA) is 57.5 Å². The molecule has 2 N–H and O–H groups in total. The van der Waals surface area contributed by atoms with Gasteiger partial charge in [-0.15, -0.1) is 0 Å². The maximum Gasteiger partial charge on any atom is 0.426 e. The van der Waals surface area contributed by atoms with E-state index >= 15 is 0 Å². The molecule has 0 heterocycles. The van der Waals surface area contributed by atoms with E-state index in [1.54, 1.807) is 20.8 Å². The Kier molecular flexibility index (Phi) is 5.45. The molecule has 2 aliphatic carbocycles. The summed E-state index contributed by atoms with van der Waals surface area (Å²) in [6, 6.07) is 0. The lowest BCUT2D eigenvalue weighted by molar-refractivity contribution is -0.404. The van der Waals surface area contributed by atoms with Gasteiger partial charge in [0.2, 0.25) is 0 Å². The quantitative estimate of drug-likeness (QED) is 0.531. The Bertz CT molecular complexity index is 600. The molecule has 2 fully saturated rings. The number of carboxylic acids is 1. The van der Waals surface area contributed by atoms with Gasteiger partial charge < -0.3 is 10.2 Å². The molecule has 0 radical (unpaired) electrons. The Hall–Kier alpha value is -1.25. The van der Waals surface area contributed by atoms with Gasteiger partial charge in [0.05, 0.1) is 0 Å². The largest absolute Gasteiger partial charge is 0.478 e. The van der Waals surface area contributed by atoms with Crippen molar-refractivity contribution in [2.75, 3.05) is 0 Å². The Morgan fingerprint density at radius 2 is 1.41 bits per heavy atom. The zero-order valence-corrected chi connectivity index (χ0v) is 15.4. The van der Waals surface area contributed by atoms with Crippen LogP contribution < -0.4 is 0 Å². The van der Waals surface area contributed by atoms with Crippen molar-refractivity contribution in [1.29, 1.82) is 0 Å². The second-order valence-electron chi connectivity index (χ2n) is 8.03. The SMILES string of the molecule is C/C=C(/C(=O)O)C1C(C)C(C2C(C)CC2C(O)(C(F)(F)F)C(F)(F)F)C1C. The van der Waals surface area contributed by atoms with Crippen molar-refractivity contribution < 1.29 is 41.4 Å². The number of rotatable bonds is 4. The molecule has 2 rings (SSSR count). The normalized spacial score (nSPS) is 38.2. The first-order valence-electron chi connectivity index (χ1n) is 8.86. The molecule has 0 aromatic heterocycles. The van der Waals surface area contributed by atoms with Gasteiger partial charge >= 0.3 is 18.3 Å². The van der Waals surface area contributed by atoms with Crippen molar-refractivity contribution in [2.24, 2.45) is 41.4 Å². The molecule has 3 nitrogen and oxygen atoms in total. The third-order valence-corrected chi connectivity index (χ3v) is 6.86. The molecular weight excluding hydrogens is 378 g/mol. The Morgan fingerprint density at radius 1 is 0.963 bits per heavy atom. The minimum absolute atomic E-state index is 0.122. The number of carboxylic acid groups (broad SMARTS) is 1. The number of hydrogen-bond acceptors (Lipinski definition) is 2. The summed E-state index contributed by atoms with van der Waals surface area (Å²) in [7, 11) is 0. The summed E-state index contributed by atoms with van der Waals surface area (Å²) in [5, 5.41) is 19.1. The third kappa shape index (κ3) is 3.06. The second-order valence-corrected chi connectivity index (χ2v) is 8.03. The van der Waals surface area contributed by atoms with E-state index in [9.17, 15) is 41.4 Å². The molecule has 27 heavy (non-hydrogen) atoms. The van der Waals surface area contributed by atoms with E-state index in [1.807, 2.05) is 0 Å². The summed E-state index contributed by atoms with van der Waals surface area (Å²) < 4.78 is 79.6. The summed E-state index contributed by atoms with van der Waals surface area (Å²) in [4.78, 5) is 11.4. The van der Waals surface area contributed by atoms with Crippen molar-refractivity contribution in [3.8, 4) is 0 Å². The van der Waals surface area contributed by atoms with Crippen LogP contribution in [0.3, 0.4) is 0 Å². The van der Waals surface area contributed by atoms with Crippen LogP contribution in [0.1, 0.15) is 34.1 Å². The van der Waals surface area contributed by atoms with Crippen LogP contribution in [0.15, 0.2) is 11.6 Å². The highest BCUT2D eigenvalue weighted by atomic mass is 19.4. The number of carbonyl (C=O) groups is 1. The zero-order chi connectivity index (χ0) is 21.1. The Balaban J connectivity index is 2.35. The van der Waals surface area contributed by atoms with Gasteiger partial charge in [0.25, 0.3) is 5.60 Å². The third-order valence-electron chi connectivity index (χ3n) is 6.86. The monoisotopic (exact) mass is 402 g/mol. The van der Waals surface area contributed by atoms with Gasteiger partial charge in [-0.2, -0.15) is 26.3 Å². The van der Waals surface area contributed by atoms with Crippen molar-refractivity contribution >= 4 is 5.97 Å². The summed E-state index contributed by atoms with van der Waals surface area (Å²) in [5.74, 6) is -6.24. The predicted molar refractivity (Wildman–Crippen MR) is 84.5 cm³/mol. The number of aliphatic carboxylic acids is 1. The minimum Gasteiger partial charge on any atom is -0.478 e. The van der Waals surface area contributed by atoms with Crippen LogP contribution in [0.4, 0.5) is 26.3 Å². The number of alkyl halides is 6. The fourth-order valence-electron chi connectivity index (χ4n) is 5.61. The van der Waals surface area contributed by atoms with Crippen molar-refractivity contribution in [3.63, 3.8) is 0 Å². The van der Waals surface area contributed by atoms with E-state index in [2.05, 4.69) is 0 Å².